The van der Waals surface area contributed by atoms with Crippen LogP contribution in [0, 0.1) is 13.8 Å². The molecule has 0 aliphatic carbocycles. The first-order valence-electron chi connectivity index (χ1n) is 7.21. The lowest BCUT2D eigenvalue weighted by atomic mass is 10.1. The molecule has 0 saturated heterocycles. The fraction of sp³-hybridized carbons (Fsp3) is 0.235. The average molecular weight is 332 g/mol. The molecule has 0 aromatic heterocycles. The number of carbonyl (C=O) groups excluding carboxylic acids is 1. The summed E-state index contributed by atoms with van der Waals surface area (Å²) in [6, 6.07) is 12.4. The molecule has 122 valence electrons. The minimum absolute atomic E-state index is 0.0751. The van der Waals surface area contributed by atoms with Gasteiger partial charge in [-0.2, -0.15) is 0 Å². The lowest BCUT2D eigenvalue weighted by Crippen LogP contribution is -2.25. The zero-order valence-corrected chi connectivity index (χ0v) is 14.2. The van der Waals surface area contributed by atoms with E-state index in [1.807, 2.05) is 31.2 Å². The predicted molar refractivity (Wildman–Crippen MR) is 89.8 cm³/mol. The Morgan fingerprint density at radius 1 is 1.04 bits per heavy atom. The number of carbonyl (C=O) groups is 1. The molecule has 0 saturated carbocycles. The predicted octanol–water partition coefficient (Wildman–Crippen LogP) is 2.14. The van der Waals surface area contributed by atoms with Crippen LogP contribution >= 0.6 is 0 Å². The van der Waals surface area contributed by atoms with Crippen molar-refractivity contribution < 1.29 is 13.2 Å². The summed E-state index contributed by atoms with van der Waals surface area (Å²) in [5, 5.41) is 2.82. The molecular weight excluding hydrogens is 312 g/mol. The number of sulfonamides is 1. The Morgan fingerprint density at radius 3 is 2.30 bits per heavy atom. The molecule has 23 heavy (non-hydrogen) atoms. The van der Waals surface area contributed by atoms with Crippen molar-refractivity contribution in [3.05, 3.63) is 64.7 Å². The van der Waals surface area contributed by atoms with E-state index in [4.69, 9.17) is 0 Å². The van der Waals surface area contributed by atoms with Gasteiger partial charge in [-0.3, -0.25) is 4.79 Å². The molecule has 2 aromatic rings. The van der Waals surface area contributed by atoms with Gasteiger partial charge >= 0.3 is 0 Å². The highest BCUT2D eigenvalue weighted by Gasteiger charge is 2.16. The van der Waals surface area contributed by atoms with Crippen molar-refractivity contribution in [2.24, 2.45) is 0 Å². The molecule has 0 aliphatic heterocycles. The molecule has 0 aliphatic rings. The topological polar surface area (TPSA) is 75.3 Å². The number of aryl methyl sites for hydroxylation is 2. The van der Waals surface area contributed by atoms with Crippen molar-refractivity contribution in [1.29, 1.82) is 0 Å². The number of rotatable bonds is 5. The number of nitrogens with one attached hydrogen (secondary N) is 2. The Balaban J connectivity index is 2.18. The molecule has 0 atom stereocenters. The zero-order valence-electron chi connectivity index (χ0n) is 13.4. The van der Waals surface area contributed by atoms with Gasteiger partial charge in [-0.25, -0.2) is 13.1 Å². The third kappa shape index (κ3) is 4.18. The fourth-order valence-corrected chi connectivity index (χ4v) is 2.87. The van der Waals surface area contributed by atoms with E-state index in [0.29, 0.717) is 12.1 Å². The fourth-order valence-electron chi connectivity index (χ4n) is 2.11. The summed E-state index contributed by atoms with van der Waals surface area (Å²) in [6.45, 7) is 4.16. The Morgan fingerprint density at radius 2 is 1.70 bits per heavy atom. The summed E-state index contributed by atoms with van der Waals surface area (Å²) >= 11 is 0. The largest absolute Gasteiger partial charge is 0.348 e. The Bertz CT molecular complexity index is 812. The molecule has 2 rings (SSSR count). The monoisotopic (exact) mass is 332 g/mol. The molecule has 2 N–H and O–H groups in total. The number of benzene rings is 2. The summed E-state index contributed by atoms with van der Waals surface area (Å²) < 4.78 is 26.0. The molecule has 0 fully saturated rings. The van der Waals surface area contributed by atoms with Crippen LogP contribution in [0.2, 0.25) is 0 Å². The van der Waals surface area contributed by atoms with E-state index in [0.717, 1.165) is 16.7 Å². The van der Waals surface area contributed by atoms with Crippen molar-refractivity contribution in [3.8, 4) is 0 Å². The van der Waals surface area contributed by atoms with Crippen molar-refractivity contribution in [3.63, 3.8) is 0 Å². The van der Waals surface area contributed by atoms with Gasteiger partial charge < -0.3 is 5.32 Å². The van der Waals surface area contributed by atoms with Gasteiger partial charge in [0.15, 0.2) is 0 Å². The SMILES string of the molecule is CNS(=O)(=O)c1ccc(C)c(C(=O)NCc2ccc(C)cc2)c1. The van der Waals surface area contributed by atoms with E-state index in [1.54, 1.807) is 13.0 Å². The molecule has 0 heterocycles. The number of amides is 1. The quantitative estimate of drug-likeness (QED) is 0.881. The van der Waals surface area contributed by atoms with Gasteiger partial charge in [0.2, 0.25) is 10.0 Å². The van der Waals surface area contributed by atoms with Crippen LogP contribution < -0.4 is 10.0 Å². The highest BCUT2D eigenvalue weighted by molar-refractivity contribution is 7.89. The minimum Gasteiger partial charge on any atom is -0.348 e. The second-order valence-corrected chi connectivity index (χ2v) is 7.24. The van der Waals surface area contributed by atoms with Gasteiger partial charge in [-0.15, -0.1) is 0 Å². The Kier molecular flexibility index (Phi) is 5.18. The summed E-state index contributed by atoms with van der Waals surface area (Å²) in [5.41, 5.74) is 3.22. The molecule has 0 bridgehead atoms. The van der Waals surface area contributed by atoms with Crippen molar-refractivity contribution >= 4 is 15.9 Å². The maximum Gasteiger partial charge on any atom is 0.251 e. The van der Waals surface area contributed by atoms with Crippen LogP contribution in [0.25, 0.3) is 0 Å². The second-order valence-electron chi connectivity index (χ2n) is 5.35. The van der Waals surface area contributed by atoms with Crippen LogP contribution in [0.4, 0.5) is 0 Å². The van der Waals surface area contributed by atoms with Crippen LogP contribution in [-0.2, 0) is 16.6 Å². The van der Waals surface area contributed by atoms with Crippen LogP contribution in [0.15, 0.2) is 47.4 Å². The molecule has 0 radical (unpaired) electrons. The first-order valence-corrected chi connectivity index (χ1v) is 8.70. The third-order valence-corrected chi connectivity index (χ3v) is 5.02. The van der Waals surface area contributed by atoms with E-state index in [2.05, 4.69) is 10.0 Å². The maximum atomic E-state index is 12.3. The zero-order chi connectivity index (χ0) is 17.0. The number of hydrogen-bond acceptors (Lipinski definition) is 3. The first-order chi connectivity index (χ1) is 10.8. The average Bonchev–Trinajstić information content (AvgIpc) is 2.54. The van der Waals surface area contributed by atoms with E-state index in [-0.39, 0.29) is 10.8 Å². The van der Waals surface area contributed by atoms with E-state index < -0.39 is 10.0 Å². The third-order valence-electron chi connectivity index (χ3n) is 3.61. The first kappa shape index (κ1) is 17.2. The van der Waals surface area contributed by atoms with Gasteiger partial charge in [0, 0.05) is 12.1 Å². The molecule has 1 amide bonds. The van der Waals surface area contributed by atoms with Crippen LogP contribution in [0.5, 0.6) is 0 Å². The van der Waals surface area contributed by atoms with Gasteiger partial charge in [0.1, 0.15) is 0 Å². The van der Waals surface area contributed by atoms with Gasteiger partial charge in [-0.1, -0.05) is 35.9 Å². The summed E-state index contributed by atoms with van der Waals surface area (Å²) in [6.07, 6.45) is 0. The molecule has 2 aromatic carbocycles. The molecular formula is C17H20N2O3S. The van der Waals surface area contributed by atoms with Crippen LogP contribution in [-0.4, -0.2) is 21.4 Å². The lowest BCUT2D eigenvalue weighted by Gasteiger charge is -2.10. The van der Waals surface area contributed by atoms with Crippen molar-refractivity contribution in [2.45, 2.75) is 25.3 Å². The highest BCUT2D eigenvalue weighted by atomic mass is 32.2. The van der Waals surface area contributed by atoms with Crippen LogP contribution in [0.3, 0.4) is 0 Å². The minimum atomic E-state index is -3.57. The van der Waals surface area contributed by atoms with E-state index in [9.17, 15) is 13.2 Å². The van der Waals surface area contributed by atoms with E-state index >= 15 is 0 Å². The summed E-state index contributed by atoms with van der Waals surface area (Å²) in [7, 11) is -2.23. The lowest BCUT2D eigenvalue weighted by molar-refractivity contribution is 0.0950. The summed E-state index contributed by atoms with van der Waals surface area (Å²) in [4.78, 5) is 12.4. The van der Waals surface area contributed by atoms with Crippen LogP contribution in [0.1, 0.15) is 27.0 Å². The normalized spacial score (nSPS) is 11.3. The Hall–Kier alpha value is -2.18. The second kappa shape index (κ2) is 6.93. The van der Waals surface area contributed by atoms with Gasteiger partial charge in [-0.05, 0) is 44.2 Å². The number of hydrogen-bond donors (Lipinski definition) is 2. The van der Waals surface area contributed by atoms with Gasteiger partial charge in [0.05, 0.1) is 4.90 Å². The van der Waals surface area contributed by atoms with Crippen molar-refractivity contribution in [2.75, 3.05) is 7.05 Å². The van der Waals surface area contributed by atoms with Crippen molar-refractivity contribution in [1.82, 2.24) is 10.0 Å². The molecule has 0 spiro atoms. The van der Waals surface area contributed by atoms with Gasteiger partial charge in [0.25, 0.3) is 5.91 Å². The molecule has 0 unspecified atom stereocenters. The Labute approximate surface area is 136 Å². The smallest absolute Gasteiger partial charge is 0.251 e. The maximum absolute atomic E-state index is 12.3. The summed E-state index contributed by atoms with van der Waals surface area (Å²) in [5.74, 6) is -0.295. The highest BCUT2D eigenvalue weighted by Crippen LogP contribution is 2.15. The van der Waals surface area contributed by atoms with E-state index in [1.165, 1.54) is 19.2 Å². The standard InChI is InChI=1S/C17H20N2O3S/c1-12-4-7-14(8-5-12)11-19-17(20)16-10-15(9-6-13(16)2)23(21,22)18-3/h4-10,18H,11H2,1-3H3,(H,19,20). The molecule has 6 heteroatoms. The molecule has 5 nitrogen and oxygen atoms in total.